The Kier molecular flexibility index (Phi) is 5.88. The zero-order valence-corrected chi connectivity index (χ0v) is 16.2. The molecule has 6 heteroatoms. The number of anilines is 1. The van der Waals surface area contributed by atoms with Gasteiger partial charge >= 0.3 is 0 Å². The van der Waals surface area contributed by atoms with E-state index in [9.17, 15) is 9.59 Å². The summed E-state index contributed by atoms with van der Waals surface area (Å²) in [7, 11) is 0. The van der Waals surface area contributed by atoms with Gasteiger partial charge in [0.05, 0.1) is 18.9 Å². The molecule has 2 aromatic carbocycles. The van der Waals surface area contributed by atoms with Crippen LogP contribution >= 0.6 is 0 Å². The monoisotopic (exact) mass is 381 g/mol. The normalized spacial score (nSPS) is 16.7. The van der Waals surface area contributed by atoms with Crippen LogP contribution in [0.15, 0.2) is 36.4 Å². The fourth-order valence-corrected chi connectivity index (χ4v) is 4.04. The first-order valence-corrected chi connectivity index (χ1v) is 10.1. The van der Waals surface area contributed by atoms with E-state index in [1.165, 1.54) is 0 Å². The van der Waals surface area contributed by atoms with Crippen molar-refractivity contribution in [3.05, 3.63) is 42.0 Å². The lowest BCUT2D eigenvalue weighted by molar-refractivity contribution is -0.121. The van der Waals surface area contributed by atoms with Crippen LogP contribution in [-0.4, -0.2) is 62.7 Å². The summed E-state index contributed by atoms with van der Waals surface area (Å²) in [6.07, 6.45) is 2.05. The summed E-state index contributed by atoms with van der Waals surface area (Å²) in [4.78, 5) is 29.0. The highest BCUT2D eigenvalue weighted by Crippen LogP contribution is 2.37. The van der Waals surface area contributed by atoms with Crippen LogP contribution in [0.4, 0.5) is 5.69 Å². The van der Waals surface area contributed by atoms with Gasteiger partial charge in [-0.05, 0) is 36.9 Å². The van der Waals surface area contributed by atoms with Gasteiger partial charge in [-0.25, -0.2) is 0 Å². The summed E-state index contributed by atoms with van der Waals surface area (Å²) in [5.74, 6) is 0.0991. The van der Waals surface area contributed by atoms with E-state index in [0.29, 0.717) is 25.9 Å². The van der Waals surface area contributed by atoms with Gasteiger partial charge < -0.3 is 15.0 Å². The fourth-order valence-electron chi connectivity index (χ4n) is 4.04. The van der Waals surface area contributed by atoms with Crippen molar-refractivity contribution in [3.63, 3.8) is 0 Å². The highest BCUT2D eigenvalue weighted by molar-refractivity contribution is 6.25. The molecule has 0 aromatic heterocycles. The Hall–Kier alpha value is -2.44. The number of nitrogens with one attached hydrogen (secondary N) is 1. The topological polar surface area (TPSA) is 61.9 Å². The van der Waals surface area contributed by atoms with Crippen LogP contribution in [0.3, 0.4) is 0 Å². The first-order chi connectivity index (χ1) is 13.7. The quantitative estimate of drug-likeness (QED) is 0.714. The molecule has 1 N–H and O–H groups in total. The Bertz CT molecular complexity index is 856. The first kappa shape index (κ1) is 18.9. The van der Waals surface area contributed by atoms with Crippen molar-refractivity contribution < 1.29 is 14.3 Å². The van der Waals surface area contributed by atoms with E-state index in [0.717, 1.165) is 61.3 Å². The molecule has 0 bridgehead atoms. The van der Waals surface area contributed by atoms with Gasteiger partial charge in [-0.2, -0.15) is 0 Å². The number of rotatable bonds is 8. The third-order valence-corrected chi connectivity index (χ3v) is 5.51. The molecule has 4 rings (SSSR count). The molecule has 2 aromatic rings. The molecule has 6 nitrogen and oxygen atoms in total. The van der Waals surface area contributed by atoms with Crippen molar-refractivity contribution in [3.8, 4) is 0 Å². The maximum absolute atomic E-state index is 12.7. The molecular weight excluding hydrogens is 354 g/mol. The summed E-state index contributed by atoms with van der Waals surface area (Å²) < 4.78 is 5.34. The fraction of sp³-hybridized carbons (Fsp3) is 0.455. The lowest BCUT2D eigenvalue weighted by Crippen LogP contribution is -2.38. The van der Waals surface area contributed by atoms with Crippen LogP contribution in [0.1, 0.15) is 29.6 Å². The summed E-state index contributed by atoms with van der Waals surface area (Å²) in [6, 6.07) is 11.8. The maximum Gasteiger partial charge on any atom is 0.258 e. The average molecular weight is 381 g/mol. The van der Waals surface area contributed by atoms with E-state index >= 15 is 0 Å². The van der Waals surface area contributed by atoms with Gasteiger partial charge in [-0.15, -0.1) is 0 Å². The minimum absolute atomic E-state index is 0.0396. The van der Waals surface area contributed by atoms with E-state index in [1.54, 1.807) is 0 Å². The second kappa shape index (κ2) is 8.71. The average Bonchev–Trinajstić information content (AvgIpc) is 3.00. The van der Waals surface area contributed by atoms with Crippen molar-refractivity contribution in [2.24, 2.45) is 0 Å². The molecule has 0 unspecified atom stereocenters. The van der Waals surface area contributed by atoms with Crippen molar-refractivity contribution in [1.29, 1.82) is 0 Å². The molecule has 0 saturated carbocycles. The molecule has 0 radical (unpaired) electrons. The third kappa shape index (κ3) is 4.03. The number of benzene rings is 2. The van der Waals surface area contributed by atoms with Crippen LogP contribution < -0.4 is 10.2 Å². The highest BCUT2D eigenvalue weighted by Gasteiger charge is 2.28. The lowest BCUT2D eigenvalue weighted by Gasteiger charge is -2.26. The van der Waals surface area contributed by atoms with Gasteiger partial charge in [-0.3, -0.25) is 14.5 Å². The molecule has 0 aliphatic carbocycles. The summed E-state index contributed by atoms with van der Waals surface area (Å²) >= 11 is 0. The van der Waals surface area contributed by atoms with Gasteiger partial charge in [0.25, 0.3) is 5.91 Å². The zero-order chi connectivity index (χ0) is 19.3. The molecule has 2 aliphatic rings. The van der Waals surface area contributed by atoms with E-state index in [1.807, 2.05) is 41.3 Å². The molecule has 0 spiro atoms. The predicted molar refractivity (Wildman–Crippen MR) is 110 cm³/mol. The molecule has 0 atom stereocenters. The number of ether oxygens (including phenoxy) is 1. The Morgan fingerprint density at radius 3 is 2.64 bits per heavy atom. The highest BCUT2D eigenvalue weighted by atomic mass is 16.5. The van der Waals surface area contributed by atoms with Crippen LogP contribution in [0.5, 0.6) is 0 Å². The Morgan fingerprint density at radius 1 is 1.04 bits per heavy atom. The zero-order valence-electron chi connectivity index (χ0n) is 16.2. The van der Waals surface area contributed by atoms with Crippen molar-refractivity contribution in [2.45, 2.75) is 19.3 Å². The minimum atomic E-state index is 0.0396. The SMILES string of the molecule is O=C(CCCN1C(=O)c2cccc3cccc1c23)NCCCN1CCOCC1. The smallest absolute Gasteiger partial charge is 0.258 e. The second-order valence-corrected chi connectivity index (χ2v) is 7.40. The maximum atomic E-state index is 12.7. The molecular formula is C22H27N3O3. The Balaban J connectivity index is 1.21. The van der Waals surface area contributed by atoms with Crippen LogP contribution in [-0.2, 0) is 9.53 Å². The number of morpholine rings is 1. The number of hydrogen-bond donors (Lipinski definition) is 1. The second-order valence-electron chi connectivity index (χ2n) is 7.40. The molecule has 2 aliphatic heterocycles. The number of carbonyl (C=O) groups is 2. The minimum Gasteiger partial charge on any atom is -0.379 e. The number of hydrogen-bond acceptors (Lipinski definition) is 4. The van der Waals surface area contributed by atoms with Gasteiger partial charge in [-0.1, -0.05) is 24.3 Å². The lowest BCUT2D eigenvalue weighted by atomic mass is 10.1. The van der Waals surface area contributed by atoms with Gasteiger partial charge in [0, 0.05) is 43.5 Å². The van der Waals surface area contributed by atoms with E-state index in [-0.39, 0.29) is 11.8 Å². The van der Waals surface area contributed by atoms with Crippen molar-refractivity contribution in [1.82, 2.24) is 10.2 Å². The standard InChI is InChI=1S/C22H27N3O3/c26-20(23-10-4-11-24-13-15-28-16-14-24)9-3-12-25-19-8-2-6-17-5-1-7-18(21(17)19)22(25)27/h1-2,5-8H,3-4,9-16H2,(H,23,26). The number of carbonyl (C=O) groups excluding carboxylic acids is 2. The Morgan fingerprint density at radius 2 is 1.82 bits per heavy atom. The van der Waals surface area contributed by atoms with E-state index in [2.05, 4.69) is 10.2 Å². The van der Waals surface area contributed by atoms with Crippen molar-refractivity contribution in [2.75, 3.05) is 50.8 Å². The first-order valence-electron chi connectivity index (χ1n) is 10.1. The number of amides is 2. The molecule has 148 valence electrons. The largest absolute Gasteiger partial charge is 0.379 e. The summed E-state index contributed by atoms with van der Waals surface area (Å²) in [5, 5.41) is 5.11. The third-order valence-electron chi connectivity index (χ3n) is 5.51. The summed E-state index contributed by atoms with van der Waals surface area (Å²) in [6.45, 7) is 5.82. The molecule has 1 fully saturated rings. The van der Waals surface area contributed by atoms with Crippen LogP contribution in [0.25, 0.3) is 10.8 Å². The van der Waals surface area contributed by atoms with E-state index in [4.69, 9.17) is 4.74 Å². The van der Waals surface area contributed by atoms with Gasteiger partial charge in [0.2, 0.25) is 5.91 Å². The molecule has 1 saturated heterocycles. The van der Waals surface area contributed by atoms with E-state index < -0.39 is 0 Å². The molecule has 2 heterocycles. The summed E-state index contributed by atoms with van der Waals surface area (Å²) in [5.41, 5.74) is 1.73. The van der Waals surface area contributed by atoms with Gasteiger partial charge in [0.1, 0.15) is 0 Å². The number of nitrogens with zero attached hydrogens (tertiary/aromatic N) is 2. The van der Waals surface area contributed by atoms with Gasteiger partial charge in [0.15, 0.2) is 0 Å². The van der Waals surface area contributed by atoms with Crippen LogP contribution in [0.2, 0.25) is 0 Å². The molecule has 2 amide bonds. The van der Waals surface area contributed by atoms with Crippen molar-refractivity contribution >= 4 is 28.3 Å². The molecule has 28 heavy (non-hydrogen) atoms. The predicted octanol–water partition coefficient (Wildman–Crippen LogP) is 2.42. The Labute approximate surface area is 165 Å². The van der Waals surface area contributed by atoms with Crippen LogP contribution in [0, 0.1) is 0 Å².